The highest BCUT2D eigenvalue weighted by atomic mass is 16.4. The smallest absolute Gasteiger partial charge is 0.308 e. The number of aromatic nitrogens is 1. The van der Waals surface area contributed by atoms with Crippen LogP contribution in [0.2, 0.25) is 0 Å². The summed E-state index contributed by atoms with van der Waals surface area (Å²) in [6.45, 7) is 3.50. The number of carboxylic acid groups (broad SMARTS) is 1. The number of pyridine rings is 1. The van der Waals surface area contributed by atoms with Gasteiger partial charge in [0.25, 0.3) is 0 Å². The van der Waals surface area contributed by atoms with E-state index >= 15 is 0 Å². The molecule has 0 saturated carbocycles. The second-order valence-corrected chi connectivity index (χ2v) is 3.27. The van der Waals surface area contributed by atoms with Crippen LogP contribution in [-0.2, 0) is 4.79 Å². The van der Waals surface area contributed by atoms with E-state index in [9.17, 15) is 4.79 Å². The quantitative estimate of drug-likeness (QED) is 0.764. The Hall–Kier alpha value is -1.58. The number of carboxylic acids is 1. The molecule has 2 unspecified atom stereocenters. The maximum absolute atomic E-state index is 10.7. The van der Waals surface area contributed by atoms with E-state index in [-0.39, 0.29) is 6.04 Å². The van der Waals surface area contributed by atoms with Gasteiger partial charge >= 0.3 is 5.97 Å². The standard InChI is InChI=1S/C10H14N2O2/c1-7(10(13)14)8(2)12-9-5-3-4-6-11-9/h3-8H,1-2H3,(H,11,12)(H,13,14). The third-order valence-electron chi connectivity index (χ3n) is 2.18. The van der Waals surface area contributed by atoms with Gasteiger partial charge < -0.3 is 10.4 Å². The van der Waals surface area contributed by atoms with Gasteiger partial charge in [0.05, 0.1) is 5.92 Å². The number of hydrogen-bond donors (Lipinski definition) is 2. The Labute approximate surface area is 83.0 Å². The van der Waals surface area contributed by atoms with Crippen molar-refractivity contribution in [2.24, 2.45) is 5.92 Å². The van der Waals surface area contributed by atoms with Crippen LogP contribution >= 0.6 is 0 Å². The first-order chi connectivity index (χ1) is 6.61. The summed E-state index contributed by atoms with van der Waals surface area (Å²) in [5.74, 6) is -0.536. The lowest BCUT2D eigenvalue weighted by molar-refractivity contribution is -0.141. The highest BCUT2D eigenvalue weighted by molar-refractivity contribution is 5.70. The summed E-state index contributed by atoms with van der Waals surface area (Å²) in [4.78, 5) is 14.7. The monoisotopic (exact) mass is 194 g/mol. The molecule has 1 aromatic rings. The summed E-state index contributed by atoms with van der Waals surface area (Å²) in [5, 5.41) is 11.8. The Morgan fingerprint density at radius 3 is 2.71 bits per heavy atom. The molecule has 1 rings (SSSR count). The normalized spacial score (nSPS) is 14.4. The predicted molar refractivity (Wildman–Crippen MR) is 54.1 cm³/mol. The van der Waals surface area contributed by atoms with Crippen LogP contribution in [0.1, 0.15) is 13.8 Å². The number of anilines is 1. The minimum atomic E-state index is -0.805. The van der Waals surface area contributed by atoms with Crippen molar-refractivity contribution in [3.05, 3.63) is 24.4 Å². The summed E-state index contributed by atoms with van der Waals surface area (Å²) < 4.78 is 0. The first kappa shape index (κ1) is 10.5. The van der Waals surface area contributed by atoms with E-state index in [1.165, 1.54) is 0 Å². The van der Waals surface area contributed by atoms with Crippen LogP contribution in [0.4, 0.5) is 5.82 Å². The second kappa shape index (κ2) is 4.60. The van der Waals surface area contributed by atoms with Gasteiger partial charge in [-0.1, -0.05) is 6.07 Å². The first-order valence-corrected chi connectivity index (χ1v) is 4.51. The molecule has 0 aliphatic carbocycles. The van der Waals surface area contributed by atoms with Gasteiger partial charge in [0, 0.05) is 12.2 Å². The molecule has 0 bridgehead atoms. The van der Waals surface area contributed by atoms with E-state index in [0.29, 0.717) is 5.82 Å². The van der Waals surface area contributed by atoms with Crippen LogP contribution in [0.3, 0.4) is 0 Å². The first-order valence-electron chi connectivity index (χ1n) is 4.51. The third kappa shape index (κ3) is 2.73. The third-order valence-corrected chi connectivity index (χ3v) is 2.18. The zero-order chi connectivity index (χ0) is 10.6. The van der Waals surface area contributed by atoms with Gasteiger partial charge in [-0.05, 0) is 26.0 Å². The van der Waals surface area contributed by atoms with Crippen LogP contribution in [0.5, 0.6) is 0 Å². The molecule has 0 aliphatic heterocycles. The molecule has 2 N–H and O–H groups in total. The maximum atomic E-state index is 10.7. The molecular formula is C10H14N2O2. The van der Waals surface area contributed by atoms with Crippen LogP contribution < -0.4 is 5.32 Å². The second-order valence-electron chi connectivity index (χ2n) is 3.27. The number of hydrogen-bond acceptors (Lipinski definition) is 3. The average Bonchev–Trinajstić information content (AvgIpc) is 2.18. The summed E-state index contributed by atoms with van der Waals surface area (Å²) in [7, 11) is 0. The van der Waals surface area contributed by atoms with Gasteiger partial charge in [0.15, 0.2) is 0 Å². The molecule has 76 valence electrons. The van der Waals surface area contributed by atoms with Crippen molar-refractivity contribution in [1.29, 1.82) is 0 Å². The van der Waals surface area contributed by atoms with Crippen LogP contribution in [0, 0.1) is 5.92 Å². The van der Waals surface area contributed by atoms with Gasteiger partial charge in [0.1, 0.15) is 5.82 Å². The van der Waals surface area contributed by atoms with Crippen LogP contribution in [0.15, 0.2) is 24.4 Å². The van der Waals surface area contributed by atoms with E-state index in [1.54, 1.807) is 13.1 Å². The van der Waals surface area contributed by atoms with Crippen molar-refractivity contribution in [3.8, 4) is 0 Å². The SMILES string of the molecule is CC(Nc1ccccn1)C(C)C(=O)O. The van der Waals surface area contributed by atoms with Crippen molar-refractivity contribution in [2.45, 2.75) is 19.9 Å². The van der Waals surface area contributed by atoms with E-state index in [4.69, 9.17) is 5.11 Å². The zero-order valence-electron chi connectivity index (χ0n) is 8.27. The lowest BCUT2D eigenvalue weighted by Crippen LogP contribution is -2.29. The van der Waals surface area contributed by atoms with Crippen molar-refractivity contribution < 1.29 is 9.90 Å². The summed E-state index contributed by atoms with van der Waals surface area (Å²) in [6.07, 6.45) is 1.67. The Morgan fingerprint density at radius 2 is 2.21 bits per heavy atom. The fourth-order valence-electron chi connectivity index (χ4n) is 1.02. The zero-order valence-corrected chi connectivity index (χ0v) is 8.27. The fourth-order valence-corrected chi connectivity index (χ4v) is 1.02. The van der Waals surface area contributed by atoms with Gasteiger partial charge in [-0.3, -0.25) is 4.79 Å². The summed E-state index contributed by atoms with van der Waals surface area (Å²) in [5.41, 5.74) is 0. The highest BCUT2D eigenvalue weighted by Gasteiger charge is 2.18. The molecule has 0 saturated heterocycles. The van der Waals surface area contributed by atoms with Gasteiger partial charge in [0.2, 0.25) is 0 Å². The molecule has 1 aromatic heterocycles. The number of nitrogens with zero attached hydrogens (tertiary/aromatic N) is 1. The van der Waals surface area contributed by atoms with Crippen LogP contribution in [0.25, 0.3) is 0 Å². The summed E-state index contributed by atoms with van der Waals surface area (Å²) in [6, 6.07) is 5.34. The fraction of sp³-hybridized carbons (Fsp3) is 0.400. The molecule has 4 heteroatoms. The maximum Gasteiger partial charge on any atom is 0.308 e. The minimum absolute atomic E-state index is 0.137. The number of aliphatic carboxylic acids is 1. The number of rotatable bonds is 4. The topological polar surface area (TPSA) is 62.2 Å². The van der Waals surface area contributed by atoms with Gasteiger partial charge in [-0.2, -0.15) is 0 Å². The molecule has 0 radical (unpaired) electrons. The Balaban J connectivity index is 2.57. The molecule has 0 fully saturated rings. The minimum Gasteiger partial charge on any atom is -0.481 e. The highest BCUT2D eigenvalue weighted by Crippen LogP contribution is 2.09. The van der Waals surface area contributed by atoms with Gasteiger partial charge in [-0.25, -0.2) is 4.98 Å². The Morgan fingerprint density at radius 1 is 1.50 bits per heavy atom. The largest absolute Gasteiger partial charge is 0.481 e. The molecular weight excluding hydrogens is 180 g/mol. The number of nitrogens with one attached hydrogen (secondary N) is 1. The molecule has 4 nitrogen and oxygen atoms in total. The Bertz CT molecular complexity index is 300. The van der Waals surface area contributed by atoms with Crippen molar-refractivity contribution in [1.82, 2.24) is 4.98 Å². The van der Waals surface area contributed by atoms with E-state index < -0.39 is 11.9 Å². The number of carbonyl (C=O) groups is 1. The average molecular weight is 194 g/mol. The summed E-state index contributed by atoms with van der Waals surface area (Å²) >= 11 is 0. The van der Waals surface area contributed by atoms with Gasteiger partial charge in [-0.15, -0.1) is 0 Å². The molecule has 0 amide bonds. The van der Waals surface area contributed by atoms with Crippen molar-refractivity contribution in [3.63, 3.8) is 0 Å². The molecule has 0 aromatic carbocycles. The molecule has 0 spiro atoms. The molecule has 2 atom stereocenters. The Kier molecular flexibility index (Phi) is 3.45. The van der Waals surface area contributed by atoms with E-state index in [0.717, 1.165) is 0 Å². The lowest BCUT2D eigenvalue weighted by Gasteiger charge is -2.17. The van der Waals surface area contributed by atoms with E-state index in [2.05, 4.69) is 10.3 Å². The lowest BCUT2D eigenvalue weighted by atomic mass is 10.0. The van der Waals surface area contributed by atoms with Crippen LogP contribution in [-0.4, -0.2) is 22.1 Å². The molecule has 1 heterocycles. The predicted octanol–water partition coefficient (Wildman–Crippen LogP) is 1.60. The van der Waals surface area contributed by atoms with Crippen molar-refractivity contribution in [2.75, 3.05) is 5.32 Å². The molecule has 0 aliphatic rings. The van der Waals surface area contributed by atoms with Crippen molar-refractivity contribution >= 4 is 11.8 Å². The van der Waals surface area contributed by atoms with E-state index in [1.807, 2.05) is 25.1 Å². The molecule has 14 heavy (non-hydrogen) atoms.